The minimum Gasteiger partial charge on any atom is -0.357 e. The van der Waals surface area contributed by atoms with Gasteiger partial charge in [-0.15, -0.1) is 11.3 Å². The zero-order valence-corrected chi connectivity index (χ0v) is 15.4. The summed E-state index contributed by atoms with van der Waals surface area (Å²) in [7, 11) is 0. The molecule has 1 saturated heterocycles. The highest BCUT2D eigenvalue weighted by atomic mass is 32.1. The van der Waals surface area contributed by atoms with Gasteiger partial charge in [-0.2, -0.15) is 0 Å². The highest BCUT2D eigenvalue weighted by molar-refractivity contribution is 7.11. The third-order valence-corrected chi connectivity index (χ3v) is 4.93. The largest absolute Gasteiger partial charge is 0.357 e. The van der Waals surface area contributed by atoms with Gasteiger partial charge in [0.1, 0.15) is 5.01 Å². The van der Waals surface area contributed by atoms with E-state index in [1.807, 2.05) is 6.20 Å². The highest BCUT2D eigenvalue weighted by Gasteiger charge is 2.08. The molecule has 0 bridgehead atoms. The van der Waals surface area contributed by atoms with Gasteiger partial charge >= 0.3 is 0 Å². The van der Waals surface area contributed by atoms with Gasteiger partial charge < -0.3 is 15.5 Å². The van der Waals surface area contributed by atoms with Crippen LogP contribution in [0.2, 0.25) is 0 Å². The monoisotopic (exact) mass is 337 g/mol. The lowest BCUT2D eigenvalue weighted by Crippen LogP contribution is -2.38. The fourth-order valence-corrected chi connectivity index (χ4v) is 3.54. The molecule has 0 radical (unpaired) electrons. The van der Waals surface area contributed by atoms with E-state index in [1.165, 1.54) is 56.6 Å². The number of hydrogen-bond acceptors (Lipinski definition) is 4. The van der Waals surface area contributed by atoms with E-state index >= 15 is 0 Å². The van der Waals surface area contributed by atoms with Gasteiger partial charge in [-0.25, -0.2) is 9.98 Å². The van der Waals surface area contributed by atoms with E-state index < -0.39 is 0 Å². The predicted molar refractivity (Wildman–Crippen MR) is 99.2 cm³/mol. The van der Waals surface area contributed by atoms with Crippen LogP contribution in [0.25, 0.3) is 0 Å². The van der Waals surface area contributed by atoms with Crippen molar-refractivity contribution in [3.8, 4) is 0 Å². The van der Waals surface area contributed by atoms with Crippen LogP contribution in [0, 0.1) is 6.92 Å². The minimum absolute atomic E-state index is 0.653. The van der Waals surface area contributed by atoms with Crippen molar-refractivity contribution in [3.05, 3.63) is 16.1 Å². The molecule has 1 aliphatic rings. The Bertz CT molecular complexity index is 463. The van der Waals surface area contributed by atoms with Crippen molar-refractivity contribution in [3.63, 3.8) is 0 Å². The quantitative estimate of drug-likeness (QED) is 0.456. The molecule has 6 heteroatoms. The molecule has 1 aromatic rings. The molecule has 0 saturated carbocycles. The molecule has 1 aromatic heterocycles. The van der Waals surface area contributed by atoms with E-state index in [9.17, 15) is 0 Å². The van der Waals surface area contributed by atoms with Crippen LogP contribution in [0.5, 0.6) is 0 Å². The van der Waals surface area contributed by atoms with E-state index in [0.717, 1.165) is 24.1 Å². The summed E-state index contributed by atoms with van der Waals surface area (Å²) in [4.78, 5) is 12.8. The van der Waals surface area contributed by atoms with Crippen molar-refractivity contribution in [2.75, 3.05) is 32.7 Å². The summed E-state index contributed by atoms with van der Waals surface area (Å²) in [5, 5.41) is 7.83. The molecule has 2 heterocycles. The number of likely N-dealkylation sites (tertiary alicyclic amines) is 1. The number of guanidine groups is 1. The number of hydrogen-bond donors (Lipinski definition) is 2. The van der Waals surface area contributed by atoms with Crippen molar-refractivity contribution < 1.29 is 0 Å². The molecule has 0 spiro atoms. The van der Waals surface area contributed by atoms with Crippen LogP contribution in [0.3, 0.4) is 0 Å². The van der Waals surface area contributed by atoms with E-state index in [4.69, 9.17) is 0 Å². The summed E-state index contributed by atoms with van der Waals surface area (Å²) in [6.07, 6.45) is 8.62. The molecular formula is C17H31N5S. The first-order chi connectivity index (χ1) is 11.3. The number of aromatic nitrogens is 1. The zero-order valence-electron chi connectivity index (χ0n) is 14.6. The molecule has 0 aliphatic carbocycles. The summed E-state index contributed by atoms with van der Waals surface area (Å²) in [5.41, 5.74) is 0. The Labute approximate surface area is 144 Å². The number of rotatable bonds is 7. The molecule has 23 heavy (non-hydrogen) atoms. The van der Waals surface area contributed by atoms with Gasteiger partial charge in [0.2, 0.25) is 0 Å². The van der Waals surface area contributed by atoms with Gasteiger partial charge in [0.25, 0.3) is 0 Å². The number of nitrogens with zero attached hydrogens (tertiary/aromatic N) is 3. The van der Waals surface area contributed by atoms with Gasteiger partial charge in [-0.05, 0) is 52.7 Å². The summed E-state index contributed by atoms with van der Waals surface area (Å²) in [5.74, 6) is 0.899. The van der Waals surface area contributed by atoms with Crippen molar-refractivity contribution >= 4 is 17.3 Å². The first kappa shape index (κ1) is 18.2. The lowest BCUT2D eigenvalue weighted by molar-refractivity contribution is 0.282. The van der Waals surface area contributed by atoms with E-state index in [-0.39, 0.29) is 0 Å². The standard InChI is InChI=1S/C17H31N5S/c1-3-18-17(21-14-16-20-13-15(2)23-16)19-9-8-12-22-10-6-4-5-7-11-22/h13H,3-12,14H2,1-2H3,(H2,18,19,21). The molecule has 2 N–H and O–H groups in total. The molecule has 130 valence electrons. The zero-order chi connectivity index (χ0) is 16.3. The van der Waals surface area contributed by atoms with Crippen LogP contribution < -0.4 is 10.6 Å². The van der Waals surface area contributed by atoms with Gasteiger partial charge in [0.05, 0.1) is 6.54 Å². The fraction of sp³-hybridized carbons (Fsp3) is 0.765. The second-order valence-electron chi connectivity index (χ2n) is 6.10. The van der Waals surface area contributed by atoms with Gasteiger partial charge in [0.15, 0.2) is 5.96 Å². The Morgan fingerprint density at radius 3 is 2.70 bits per heavy atom. The first-order valence-electron chi connectivity index (χ1n) is 8.94. The number of thiazole rings is 1. The van der Waals surface area contributed by atoms with E-state index in [2.05, 4.69) is 39.4 Å². The maximum atomic E-state index is 4.63. The van der Waals surface area contributed by atoms with Crippen LogP contribution >= 0.6 is 11.3 Å². The average Bonchev–Trinajstić information content (AvgIpc) is 2.80. The Hall–Kier alpha value is -1.14. The minimum atomic E-state index is 0.653. The Balaban J connectivity index is 1.69. The van der Waals surface area contributed by atoms with Crippen molar-refractivity contribution in [2.24, 2.45) is 4.99 Å². The second kappa shape index (κ2) is 10.6. The van der Waals surface area contributed by atoms with Crippen LogP contribution in [0.15, 0.2) is 11.2 Å². The second-order valence-corrected chi connectivity index (χ2v) is 7.42. The first-order valence-corrected chi connectivity index (χ1v) is 9.75. The van der Waals surface area contributed by atoms with Crippen molar-refractivity contribution in [1.29, 1.82) is 0 Å². The summed E-state index contributed by atoms with van der Waals surface area (Å²) in [6, 6.07) is 0. The van der Waals surface area contributed by atoms with E-state index in [0.29, 0.717) is 6.54 Å². The van der Waals surface area contributed by atoms with Gasteiger partial charge in [-0.1, -0.05) is 12.8 Å². The van der Waals surface area contributed by atoms with Crippen molar-refractivity contribution in [2.45, 2.75) is 52.5 Å². The Kier molecular flexibility index (Phi) is 8.39. The van der Waals surface area contributed by atoms with Crippen molar-refractivity contribution in [1.82, 2.24) is 20.5 Å². The summed E-state index contributed by atoms with van der Waals surface area (Å²) in [6.45, 7) is 10.4. The topological polar surface area (TPSA) is 52.6 Å². The third kappa shape index (κ3) is 7.31. The number of aryl methyl sites for hydroxylation is 1. The van der Waals surface area contributed by atoms with Gasteiger partial charge in [-0.3, -0.25) is 0 Å². The summed E-state index contributed by atoms with van der Waals surface area (Å²) >= 11 is 1.72. The number of aliphatic imine (C=N–C) groups is 1. The SMILES string of the molecule is CCNC(=NCc1ncc(C)s1)NCCCN1CCCCCC1. The molecular weight excluding hydrogens is 306 g/mol. The van der Waals surface area contributed by atoms with Crippen LogP contribution in [-0.2, 0) is 6.54 Å². The predicted octanol–water partition coefficient (Wildman–Crippen LogP) is 2.77. The lowest BCUT2D eigenvalue weighted by atomic mass is 10.2. The van der Waals surface area contributed by atoms with E-state index in [1.54, 1.807) is 11.3 Å². The fourth-order valence-electron chi connectivity index (χ4n) is 2.83. The number of nitrogens with one attached hydrogen (secondary N) is 2. The lowest BCUT2D eigenvalue weighted by Gasteiger charge is -2.20. The molecule has 1 fully saturated rings. The molecule has 0 aromatic carbocycles. The highest BCUT2D eigenvalue weighted by Crippen LogP contribution is 2.12. The third-order valence-electron chi connectivity index (χ3n) is 4.03. The maximum Gasteiger partial charge on any atom is 0.191 e. The smallest absolute Gasteiger partial charge is 0.191 e. The van der Waals surface area contributed by atoms with Gasteiger partial charge in [0, 0.05) is 24.2 Å². The molecule has 5 nitrogen and oxygen atoms in total. The molecule has 1 aliphatic heterocycles. The van der Waals surface area contributed by atoms with Crippen LogP contribution in [-0.4, -0.2) is 48.6 Å². The Morgan fingerprint density at radius 1 is 1.26 bits per heavy atom. The maximum absolute atomic E-state index is 4.63. The molecule has 0 atom stereocenters. The molecule has 2 rings (SSSR count). The normalized spacial score (nSPS) is 17.0. The molecule has 0 amide bonds. The summed E-state index contributed by atoms with van der Waals surface area (Å²) < 4.78 is 0. The van der Waals surface area contributed by atoms with Crippen LogP contribution in [0.4, 0.5) is 0 Å². The molecule has 0 unspecified atom stereocenters. The van der Waals surface area contributed by atoms with Crippen LogP contribution in [0.1, 0.15) is 48.9 Å². The Morgan fingerprint density at radius 2 is 2.04 bits per heavy atom. The average molecular weight is 338 g/mol.